The second-order valence-corrected chi connectivity index (χ2v) is 5.29. The minimum Gasteiger partial charge on any atom is -0.356 e. The molecule has 22 heavy (non-hydrogen) atoms. The molecule has 0 fully saturated rings. The number of tetrazole rings is 1. The van der Waals surface area contributed by atoms with Crippen molar-refractivity contribution in [2.45, 2.75) is 45.6 Å². The highest BCUT2D eigenvalue weighted by Crippen LogP contribution is 2.03. The van der Waals surface area contributed by atoms with Gasteiger partial charge in [-0.05, 0) is 28.8 Å². The van der Waals surface area contributed by atoms with Crippen LogP contribution in [0.4, 0.5) is 0 Å². The summed E-state index contributed by atoms with van der Waals surface area (Å²) in [6, 6.07) is 10.2. The lowest BCUT2D eigenvalue weighted by Gasteiger charge is -2.06. The first-order chi connectivity index (χ1) is 10.8. The molecule has 1 aromatic heterocycles. The zero-order valence-corrected chi connectivity index (χ0v) is 13.0. The number of carbonyl (C=O) groups is 1. The first kappa shape index (κ1) is 16.1. The highest BCUT2D eigenvalue weighted by Gasteiger charge is 2.11. The lowest BCUT2D eigenvalue weighted by Crippen LogP contribution is -2.27. The van der Waals surface area contributed by atoms with Crippen molar-refractivity contribution in [1.82, 2.24) is 25.5 Å². The average Bonchev–Trinajstić information content (AvgIpc) is 2.98. The van der Waals surface area contributed by atoms with E-state index < -0.39 is 0 Å². The molecular weight excluding hydrogens is 278 g/mol. The van der Waals surface area contributed by atoms with Crippen LogP contribution in [0.15, 0.2) is 30.3 Å². The molecule has 0 radical (unpaired) electrons. The number of hydrogen-bond donors (Lipinski definition) is 1. The Kier molecular flexibility index (Phi) is 6.54. The van der Waals surface area contributed by atoms with Crippen LogP contribution in [0.3, 0.4) is 0 Å². The zero-order chi connectivity index (χ0) is 15.6. The van der Waals surface area contributed by atoms with Gasteiger partial charge < -0.3 is 5.32 Å². The SMILES string of the molecule is CCCCCNC(=O)Cc1nnnn1CCc1ccccc1. The molecule has 0 saturated heterocycles. The summed E-state index contributed by atoms with van der Waals surface area (Å²) in [6.45, 7) is 3.54. The Morgan fingerprint density at radius 3 is 2.82 bits per heavy atom. The molecule has 0 unspecified atom stereocenters. The normalized spacial score (nSPS) is 10.6. The summed E-state index contributed by atoms with van der Waals surface area (Å²) >= 11 is 0. The van der Waals surface area contributed by atoms with Gasteiger partial charge in [-0.1, -0.05) is 50.1 Å². The van der Waals surface area contributed by atoms with Crippen LogP contribution in [0.25, 0.3) is 0 Å². The van der Waals surface area contributed by atoms with Crippen LogP contribution in [-0.2, 0) is 24.2 Å². The van der Waals surface area contributed by atoms with Gasteiger partial charge in [-0.25, -0.2) is 4.68 Å². The van der Waals surface area contributed by atoms with E-state index in [9.17, 15) is 4.79 Å². The van der Waals surface area contributed by atoms with Gasteiger partial charge in [0.05, 0.1) is 6.42 Å². The van der Waals surface area contributed by atoms with Crippen molar-refractivity contribution in [3.8, 4) is 0 Å². The number of amides is 1. The van der Waals surface area contributed by atoms with Gasteiger partial charge >= 0.3 is 0 Å². The van der Waals surface area contributed by atoms with Crippen molar-refractivity contribution in [3.05, 3.63) is 41.7 Å². The van der Waals surface area contributed by atoms with Gasteiger partial charge in [0, 0.05) is 13.1 Å². The fourth-order valence-electron chi connectivity index (χ4n) is 2.21. The molecule has 1 N–H and O–H groups in total. The number of benzene rings is 1. The maximum Gasteiger partial charge on any atom is 0.227 e. The molecule has 2 aromatic rings. The molecule has 2 rings (SSSR count). The number of nitrogens with zero attached hydrogens (tertiary/aromatic N) is 4. The van der Waals surface area contributed by atoms with Crippen LogP contribution >= 0.6 is 0 Å². The van der Waals surface area contributed by atoms with Gasteiger partial charge in [0.25, 0.3) is 0 Å². The number of hydrogen-bond acceptors (Lipinski definition) is 4. The zero-order valence-electron chi connectivity index (χ0n) is 13.0. The van der Waals surface area contributed by atoms with Gasteiger partial charge in [0.15, 0.2) is 5.82 Å². The smallest absolute Gasteiger partial charge is 0.227 e. The molecule has 6 heteroatoms. The number of unbranched alkanes of at least 4 members (excludes halogenated alkanes) is 2. The molecule has 0 aliphatic heterocycles. The molecule has 0 spiro atoms. The number of aromatic nitrogens is 4. The van der Waals surface area contributed by atoms with E-state index in [0.29, 0.717) is 12.4 Å². The van der Waals surface area contributed by atoms with Crippen molar-refractivity contribution in [3.63, 3.8) is 0 Å². The van der Waals surface area contributed by atoms with E-state index >= 15 is 0 Å². The van der Waals surface area contributed by atoms with Crippen molar-refractivity contribution >= 4 is 5.91 Å². The molecule has 1 aromatic carbocycles. The highest BCUT2D eigenvalue weighted by atomic mass is 16.1. The minimum absolute atomic E-state index is 0.0214. The fraction of sp³-hybridized carbons (Fsp3) is 0.500. The molecule has 0 atom stereocenters. The summed E-state index contributed by atoms with van der Waals surface area (Å²) in [7, 11) is 0. The molecule has 0 bridgehead atoms. The molecular formula is C16H23N5O. The third-order valence-electron chi connectivity index (χ3n) is 3.48. The standard InChI is InChI=1S/C16H23N5O/c1-2-3-7-11-17-16(22)13-15-18-19-20-21(15)12-10-14-8-5-4-6-9-14/h4-6,8-9H,2-3,7,10-13H2,1H3,(H,17,22). The Morgan fingerprint density at radius 2 is 2.05 bits per heavy atom. The number of aryl methyl sites for hydroxylation is 2. The molecule has 1 heterocycles. The van der Waals surface area contributed by atoms with Crippen LogP contribution in [0, 0.1) is 0 Å². The van der Waals surface area contributed by atoms with Gasteiger partial charge in [0.2, 0.25) is 5.91 Å². The first-order valence-corrected chi connectivity index (χ1v) is 7.85. The van der Waals surface area contributed by atoms with Crippen LogP contribution < -0.4 is 5.32 Å². The first-order valence-electron chi connectivity index (χ1n) is 7.85. The number of rotatable bonds is 9. The predicted octanol–water partition coefficient (Wildman–Crippen LogP) is 1.76. The average molecular weight is 301 g/mol. The van der Waals surface area contributed by atoms with E-state index in [1.807, 2.05) is 18.2 Å². The van der Waals surface area contributed by atoms with Gasteiger partial charge in [0.1, 0.15) is 0 Å². The molecule has 118 valence electrons. The predicted molar refractivity (Wildman–Crippen MR) is 84.2 cm³/mol. The Balaban J connectivity index is 1.80. The van der Waals surface area contributed by atoms with E-state index in [1.165, 1.54) is 5.56 Å². The molecule has 1 amide bonds. The minimum atomic E-state index is -0.0214. The largest absolute Gasteiger partial charge is 0.356 e. The van der Waals surface area contributed by atoms with Crippen LogP contribution in [-0.4, -0.2) is 32.7 Å². The van der Waals surface area contributed by atoms with Crippen LogP contribution in [0.5, 0.6) is 0 Å². The summed E-state index contributed by atoms with van der Waals surface area (Å²) < 4.78 is 1.71. The van der Waals surface area contributed by atoms with Gasteiger partial charge in [-0.2, -0.15) is 0 Å². The molecule has 6 nitrogen and oxygen atoms in total. The van der Waals surface area contributed by atoms with E-state index in [2.05, 4.69) is 39.9 Å². The number of nitrogens with one attached hydrogen (secondary N) is 1. The van der Waals surface area contributed by atoms with Crippen molar-refractivity contribution < 1.29 is 4.79 Å². The Hall–Kier alpha value is -2.24. The number of carbonyl (C=O) groups excluding carboxylic acids is 1. The Labute approximate surface area is 130 Å². The summed E-state index contributed by atoms with van der Waals surface area (Å²) in [5, 5.41) is 14.5. The van der Waals surface area contributed by atoms with E-state index in [-0.39, 0.29) is 12.3 Å². The van der Waals surface area contributed by atoms with Gasteiger partial charge in [-0.3, -0.25) is 4.79 Å². The van der Waals surface area contributed by atoms with E-state index in [0.717, 1.165) is 32.2 Å². The maximum atomic E-state index is 11.9. The van der Waals surface area contributed by atoms with Crippen LogP contribution in [0.1, 0.15) is 37.6 Å². The quantitative estimate of drug-likeness (QED) is 0.716. The van der Waals surface area contributed by atoms with Crippen LogP contribution in [0.2, 0.25) is 0 Å². The molecule has 0 saturated carbocycles. The maximum absolute atomic E-state index is 11.9. The topological polar surface area (TPSA) is 72.7 Å². The summed E-state index contributed by atoms with van der Waals surface area (Å²) in [4.78, 5) is 11.9. The van der Waals surface area contributed by atoms with Crippen molar-refractivity contribution in [1.29, 1.82) is 0 Å². The van der Waals surface area contributed by atoms with Crippen molar-refractivity contribution in [2.75, 3.05) is 6.54 Å². The van der Waals surface area contributed by atoms with Gasteiger partial charge in [-0.15, -0.1) is 5.10 Å². The molecule has 0 aliphatic rings. The second kappa shape index (κ2) is 8.92. The van der Waals surface area contributed by atoms with E-state index in [4.69, 9.17) is 0 Å². The van der Waals surface area contributed by atoms with E-state index in [1.54, 1.807) is 4.68 Å². The fourth-order valence-corrected chi connectivity index (χ4v) is 2.21. The monoisotopic (exact) mass is 301 g/mol. The lowest BCUT2D eigenvalue weighted by atomic mass is 10.1. The highest BCUT2D eigenvalue weighted by molar-refractivity contribution is 5.77. The lowest BCUT2D eigenvalue weighted by molar-refractivity contribution is -0.120. The Morgan fingerprint density at radius 1 is 1.23 bits per heavy atom. The Bertz CT molecular complexity index is 567. The third-order valence-corrected chi connectivity index (χ3v) is 3.48. The second-order valence-electron chi connectivity index (χ2n) is 5.29. The summed E-state index contributed by atoms with van der Waals surface area (Å²) in [5.41, 5.74) is 1.23. The molecule has 0 aliphatic carbocycles. The third kappa shape index (κ3) is 5.27. The summed E-state index contributed by atoms with van der Waals surface area (Å²) in [6.07, 6.45) is 4.37. The van der Waals surface area contributed by atoms with Crippen molar-refractivity contribution in [2.24, 2.45) is 0 Å². The summed E-state index contributed by atoms with van der Waals surface area (Å²) in [5.74, 6) is 0.593.